The lowest BCUT2D eigenvalue weighted by Crippen LogP contribution is -2.22. The van der Waals surface area contributed by atoms with Crippen LogP contribution in [0.15, 0.2) is 30.5 Å². The van der Waals surface area contributed by atoms with Crippen LogP contribution in [0.2, 0.25) is 0 Å². The molecule has 1 heterocycles. The van der Waals surface area contributed by atoms with Crippen LogP contribution in [-0.2, 0) is 12.1 Å². The van der Waals surface area contributed by atoms with Crippen molar-refractivity contribution in [2.24, 2.45) is 0 Å². The van der Waals surface area contributed by atoms with Gasteiger partial charge in [0.15, 0.2) is 0 Å². The predicted molar refractivity (Wildman–Crippen MR) is 70.5 cm³/mol. The molecule has 0 atom stereocenters. The van der Waals surface area contributed by atoms with Crippen LogP contribution in [0.25, 0.3) is 0 Å². The number of hydrogen-bond acceptors (Lipinski definition) is 3. The molecular formula is C14H19N3O. The third-order valence-corrected chi connectivity index (χ3v) is 2.64. The molecule has 0 aliphatic carbocycles. The summed E-state index contributed by atoms with van der Waals surface area (Å²) >= 11 is 0. The number of aryl methyl sites for hydroxylation is 1. The molecule has 0 radical (unpaired) electrons. The summed E-state index contributed by atoms with van der Waals surface area (Å²) in [5.41, 5.74) is 2.02. The Bertz CT molecular complexity index is 509. The Morgan fingerprint density at radius 2 is 1.83 bits per heavy atom. The average Bonchev–Trinajstić information content (AvgIpc) is 2.77. The fourth-order valence-electron chi connectivity index (χ4n) is 1.48. The Morgan fingerprint density at radius 1 is 1.17 bits per heavy atom. The van der Waals surface area contributed by atoms with Gasteiger partial charge in [0.25, 0.3) is 0 Å². The van der Waals surface area contributed by atoms with Crippen molar-refractivity contribution in [3.63, 3.8) is 0 Å². The van der Waals surface area contributed by atoms with Crippen molar-refractivity contribution in [1.29, 1.82) is 0 Å². The van der Waals surface area contributed by atoms with Crippen molar-refractivity contribution in [3.8, 4) is 5.75 Å². The van der Waals surface area contributed by atoms with E-state index in [4.69, 9.17) is 4.74 Å². The molecule has 0 saturated carbocycles. The molecule has 18 heavy (non-hydrogen) atoms. The summed E-state index contributed by atoms with van der Waals surface area (Å²) in [7, 11) is 0. The SMILES string of the molecule is Cc1ccc(OCc2cn(C(C)(C)C)nn2)cc1. The molecule has 1 aromatic heterocycles. The normalized spacial score (nSPS) is 11.6. The quantitative estimate of drug-likeness (QED) is 0.834. The molecule has 0 aliphatic rings. The Morgan fingerprint density at radius 3 is 2.39 bits per heavy atom. The van der Waals surface area contributed by atoms with Crippen LogP contribution >= 0.6 is 0 Å². The van der Waals surface area contributed by atoms with Crippen molar-refractivity contribution >= 4 is 0 Å². The smallest absolute Gasteiger partial charge is 0.134 e. The Hall–Kier alpha value is -1.84. The van der Waals surface area contributed by atoms with E-state index in [1.165, 1.54) is 5.56 Å². The third-order valence-electron chi connectivity index (χ3n) is 2.64. The highest BCUT2D eigenvalue weighted by molar-refractivity contribution is 5.26. The lowest BCUT2D eigenvalue weighted by Gasteiger charge is -2.17. The van der Waals surface area contributed by atoms with E-state index in [2.05, 4.69) is 38.0 Å². The number of benzene rings is 1. The van der Waals surface area contributed by atoms with Gasteiger partial charge in [-0.05, 0) is 39.8 Å². The van der Waals surface area contributed by atoms with E-state index in [1.807, 2.05) is 35.1 Å². The zero-order valence-corrected chi connectivity index (χ0v) is 11.3. The van der Waals surface area contributed by atoms with Gasteiger partial charge in [-0.1, -0.05) is 22.9 Å². The van der Waals surface area contributed by atoms with E-state index in [0.717, 1.165) is 11.4 Å². The first kappa shape index (κ1) is 12.6. The van der Waals surface area contributed by atoms with Crippen molar-refractivity contribution < 1.29 is 4.74 Å². The van der Waals surface area contributed by atoms with E-state index < -0.39 is 0 Å². The van der Waals surface area contributed by atoms with Gasteiger partial charge in [0, 0.05) is 0 Å². The summed E-state index contributed by atoms with van der Waals surface area (Å²) in [5.74, 6) is 0.853. The van der Waals surface area contributed by atoms with Gasteiger partial charge in [-0.25, -0.2) is 4.68 Å². The summed E-state index contributed by atoms with van der Waals surface area (Å²) in [6.07, 6.45) is 1.92. The minimum atomic E-state index is -0.0465. The molecule has 2 aromatic rings. The number of rotatable bonds is 3. The number of nitrogens with zero attached hydrogens (tertiary/aromatic N) is 3. The number of ether oxygens (including phenoxy) is 1. The average molecular weight is 245 g/mol. The number of hydrogen-bond donors (Lipinski definition) is 0. The highest BCUT2D eigenvalue weighted by atomic mass is 16.5. The fourth-order valence-corrected chi connectivity index (χ4v) is 1.48. The standard InChI is InChI=1S/C14H19N3O/c1-11-5-7-13(8-6-11)18-10-12-9-17(16-15-12)14(2,3)4/h5-9H,10H2,1-4H3. The molecule has 0 amide bonds. The van der Waals surface area contributed by atoms with Gasteiger partial charge in [0.2, 0.25) is 0 Å². The van der Waals surface area contributed by atoms with Gasteiger partial charge in [0.05, 0.1) is 11.7 Å². The van der Waals surface area contributed by atoms with Crippen LogP contribution in [0.5, 0.6) is 5.75 Å². The molecular weight excluding hydrogens is 226 g/mol. The maximum atomic E-state index is 5.66. The molecule has 0 saturated heterocycles. The molecule has 2 rings (SSSR count). The van der Waals surface area contributed by atoms with Crippen LogP contribution in [0.1, 0.15) is 32.0 Å². The van der Waals surface area contributed by atoms with Crippen LogP contribution in [0.4, 0.5) is 0 Å². The zero-order valence-electron chi connectivity index (χ0n) is 11.3. The first-order valence-corrected chi connectivity index (χ1v) is 6.06. The Kier molecular flexibility index (Phi) is 3.36. The van der Waals surface area contributed by atoms with E-state index in [-0.39, 0.29) is 5.54 Å². The molecule has 4 heteroatoms. The summed E-state index contributed by atoms with van der Waals surface area (Å²) in [6.45, 7) is 8.77. The molecule has 96 valence electrons. The van der Waals surface area contributed by atoms with E-state index in [9.17, 15) is 0 Å². The largest absolute Gasteiger partial charge is 0.487 e. The Labute approximate surface area is 108 Å². The van der Waals surface area contributed by atoms with Crippen LogP contribution < -0.4 is 4.74 Å². The first-order chi connectivity index (χ1) is 8.45. The second-order valence-corrected chi connectivity index (χ2v) is 5.43. The topological polar surface area (TPSA) is 39.9 Å². The van der Waals surface area contributed by atoms with Gasteiger partial charge < -0.3 is 4.74 Å². The van der Waals surface area contributed by atoms with E-state index >= 15 is 0 Å². The van der Waals surface area contributed by atoms with E-state index in [1.54, 1.807) is 0 Å². The molecule has 1 aromatic carbocycles. The third kappa shape index (κ3) is 3.09. The first-order valence-electron chi connectivity index (χ1n) is 6.06. The van der Waals surface area contributed by atoms with Gasteiger partial charge >= 0.3 is 0 Å². The molecule has 0 bridgehead atoms. The maximum absolute atomic E-state index is 5.66. The highest BCUT2D eigenvalue weighted by Crippen LogP contribution is 2.15. The molecule has 0 fully saturated rings. The minimum absolute atomic E-state index is 0.0465. The lowest BCUT2D eigenvalue weighted by molar-refractivity contribution is 0.301. The molecule has 0 N–H and O–H groups in total. The fraction of sp³-hybridized carbons (Fsp3) is 0.429. The van der Waals surface area contributed by atoms with Gasteiger partial charge in [0.1, 0.15) is 18.1 Å². The minimum Gasteiger partial charge on any atom is -0.487 e. The summed E-state index contributed by atoms with van der Waals surface area (Å²) in [5, 5.41) is 8.20. The predicted octanol–water partition coefficient (Wildman–Crippen LogP) is 2.92. The van der Waals surface area contributed by atoms with Crippen LogP contribution in [0.3, 0.4) is 0 Å². The molecule has 4 nitrogen and oxygen atoms in total. The Balaban J connectivity index is 1.98. The van der Waals surface area contributed by atoms with Crippen molar-refractivity contribution in [2.45, 2.75) is 39.8 Å². The molecule has 0 unspecified atom stereocenters. The van der Waals surface area contributed by atoms with Crippen molar-refractivity contribution in [1.82, 2.24) is 15.0 Å². The summed E-state index contributed by atoms with van der Waals surface area (Å²) < 4.78 is 7.51. The van der Waals surface area contributed by atoms with Crippen molar-refractivity contribution in [2.75, 3.05) is 0 Å². The molecule has 0 aliphatic heterocycles. The molecule has 0 spiro atoms. The lowest BCUT2D eigenvalue weighted by atomic mass is 10.1. The van der Waals surface area contributed by atoms with Crippen molar-refractivity contribution in [3.05, 3.63) is 41.7 Å². The van der Waals surface area contributed by atoms with Crippen LogP contribution in [0, 0.1) is 6.92 Å². The van der Waals surface area contributed by atoms with Gasteiger partial charge in [-0.2, -0.15) is 0 Å². The maximum Gasteiger partial charge on any atom is 0.134 e. The van der Waals surface area contributed by atoms with E-state index in [0.29, 0.717) is 6.61 Å². The zero-order chi connectivity index (χ0) is 13.2. The van der Waals surface area contributed by atoms with Gasteiger partial charge in [-0.3, -0.25) is 0 Å². The second kappa shape index (κ2) is 4.80. The summed E-state index contributed by atoms with van der Waals surface area (Å²) in [4.78, 5) is 0. The highest BCUT2D eigenvalue weighted by Gasteiger charge is 2.15. The monoisotopic (exact) mass is 245 g/mol. The summed E-state index contributed by atoms with van der Waals surface area (Å²) in [6, 6.07) is 7.98. The second-order valence-electron chi connectivity index (χ2n) is 5.43. The van der Waals surface area contributed by atoms with Crippen LogP contribution in [-0.4, -0.2) is 15.0 Å². The van der Waals surface area contributed by atoms with Gasteiger partial charge in [-0.15, -0.1) is 5.10 Å². The number of aromatic nitrogens is 3.